The Bertz CT molecular complexity index is 1040. The minimum atomic E-state index is -0.542. The monoisotopic (exact) mass is 434 g/mol. The lowest BCUT2D eigenvalue weighted by Crippen LogP contribution is -2.00. The van der Waals surface area contributed by atoms with Crippen LogP contribution in [0.4, 0.5) is 15.9 Å². The van der Waals surface area contributed by atoms with Gasteiger partial charge in [0.15, 0.2) is 5.75 Å². The van der Waals surface area contributed by atoms with Gasteiger partial charge < -0.3 is 4.74 Å². The molecule has 0 amide bonds. The molecule has 0 spiro atoms. The zero-order chi connectivity index (χ0) is 20.8. The first-order valence-corrected chi connectivity index (χ1v) is 8.94. The molecule has 0 atom stereocenters. The van der Waals surface area contributed by atoms with Crippen molar-refractivity contribution in [3.05, 3.63) is 91.8 Å². The molecule has 0 aliphatic heterocycles. The van der Waals surface area contributed by atoms with E-state index in [1.165, 1.54) is 24.4 Å². The van der Waals surface area contributed by atoms with Crippen molar-refractivity contribution in [1.29, 1.82) is 0 Å². The second kappa shape index (κ2) is 9.31. The predicted molar refractivity (Wildman–Crippen MR) is 109 cm³/mol. The normalized spacial score (nSPS) is 10.9. The summed E-state index contributed by atoms with van der Waals surface area (Å²) in [5.41, 5.74) is 3.48. The number of hydrogen-bond acceptors (Lipinski definition) is 6. The highest BCUT2D eigenvalue weighted by atomic mass is 35.5. The SMILES string of the molecule is O=[N+]([O-])c1ccc(N/N=C/c2cc(Cl)c(OCc3ccccc3F)c(Cl)c2)nc1. The molecule has 1 aromatic heterocycles. The molecule has 0 bridgehead atoms. The van der Waals surface area contributed by atoms with Crippen molar-refractivity contribution >= 4 is 40.9 Å². The summed E-state index contributed by atoms with van der Waals surface area (Å²) in [6.45, 7) is -0.0209. The topological polar surface area (TPSA) is 89.7 Å². The quantitative estimate of drug-likeness (QED) is 0.302. The number of aromatic nitrogens is 1. The Balaban J connectivity index is 1.66. The fourth-order valence-electron chi connectivity index (χ4n) is 2.29. The average Bonchev–Trinajstić information content (AvgIpc) is 2.69. The van der Waals surface area contributed by atoms with Gasteiger partial charge in [-0.05, 0) is 29.8 Å². The van der Waals surface area contributed by atoms with E-state index in [-0.39, 0.29) is 33.9 Å². The van der Waals surface area contributed by atoms with Crippen molar-refractivity contribution in [3.63, 3.8) is 0 Å². The highest BCUT2D eigenvalue weighted by Gasteiger charge is 2.11. The fourth-order valence-corrected chi connectivity index (χ4v) is 2.90. The number of nitrogens with zero attached hydrogens (tertiary/aromatic N) is 3. The van der Waals surface area contributed by atoms with Gasteiger partial charge >= 0.3 is 0 Å². The van der Waals surface area contributed by atoms with Crippen LogP contribution in [0.25, 0.3) is 0 Å². The maximum atomic E-state index is 13.7. The van der Waals surface area contributed by atoms with Crippen LogP contribution in [0.2, 0.25) is 10.0 Å². The lowest BCUT2D eigenvalue weighted by atomic mass is 10.2. The lowest BCUT2D eigenvalue weighted by Gasteiger charge is -2.11. The van der Waals surface area contributed by atoms with Gasteiger partial charge in [0.05, 0.1) is 21.2 Å². The summed E-state index contributed by atoms with van der Waals surface area (Å²) in [7, 11) is 0. The van der Waals surface area contributed by atoms with Gasteiger partial charge in [0.25, 0.3) is 5.69 Å². The van der Waals surface area contributed by atoms with Gasteiger partial charge in [-0.1, -0.05) is 41.4 Å². The third-order valence-electron chi connectivity index (χ3n) is 3.70. The first-order valence-electron chi connectivity index (χ1n) is 8.19. The third kappa shape index (κ3) is 5.40. The molecule has 0 fully saturated rings. The summed E-state index contributed by atoms with van der Waals surface area (Å²) in [5.74, 6) is 0.182. The minimum Gasteiger partial charge on any atom is -0.486 e. The molecule has 1 heterocycles. The first-order chi connectivity index (χ1) is 13.9. The number of pyridine rings is 1. The average molecular weight is 435 g/mol. The van der Waals surface area contributed by atoms with Crippen molar-refractivity contribution in [3.8, 4) is 5.75 Å². The van der Waals surface area contributed by atoms with Crippen molar-refractivity contribution in [1.82, 2.24) is 4.98 Å². The number of ether oxygens (including phenoxy) is 1. The maximum Gasteiger partial charge on any atom is 0.287 e. The van der Waals surface area contributed by atoms with Crippen LogP contribution < -0.4 is 10.2 Å². The van der Waals surface area contributed by atoms with E-state index in [1.807, 2.05) is 0 Å². The van der Waals surface area contributed by atoms with Crippen LogP contribution in [-0.2, 0) is 6.61 Å². The highest BCUT2D eigenvalue weighted by molar-refractivity contribution is 6.37. The van der Waals surface area contributed by atoms with Crippen LogP contribution in [-0.4, -0.2) is 16.1 Å². The van der Waals surface area contributed by atoms with E-state index in [0.717, 1.165) is 6.20 Å². The number of benzene rings is 2. The summed E-state index contributed by atoms with van der Waals surface area (Å²) >= 11 is 12.4. The molecule has 2 aromatic carbocycles. The molecule has 7 nitrogen and oxygen atoms in total. The van der Waals surface area contributed by atoms with Crippen LogP contribution in [0.5, 0.6) is 5.75 Å². The fraction of sp³-hybridized carbons (Fsp3) is 0.0526. The minimum absolute atomic E-state index is 0.0209. The standard InChI is InChI=1S/C19H13Cl2FN4O3/c20-15-7-12(9-24-25-18-6-5-14(10-23-18)26(27)28)8-16(21)19(15)29-11-13-3-1-2-4-17(13)22/h1-10H,11H2,(H,23,25)/b24-9+. The summed E-state index contributed by atoms with van der Waals surface area (Å²) in [4.78, 5) is 13.9. The Morgan fingerprint density at radius 2 is 1.93 bits per heavy atom. The Morgan fingerprint density at radius 3 is 2.55 bits per heavy atom. The molecule has 1 N–H and O–H groups in total. The molecular weight excluding hydrogens is 422 g/mol. The second-order valence-electron chi connectivity index (χ2n) is 5.72. The lowest BCUT2D eigenvalue weighted by molar-refractivity contribution is -0.385. The zero-order valence-electron chi connectivity index (χ0n) is 14.7. The maximum absolute atomic E-state index is 13.7. The van der Waals surface area contributed by atoms with Crippen molar-refractivity contribution in [2.24, 2.45) is 5.10 Å². The van der Waals surface area contributed by atoms with E-state index in [4.69, 9.17) is 27.9 Å². The highest BCUT2D eigenvalue weighted by Crippen LogP contribution is 2.34. The Kier molecular flexibility index (Phi) is 6.58. The van der Waals surface area contributed by atoms with Gasteiger partial charge in [-0.25, -0.2) is 9.37 Å². The van der Waals surface area contributed by atoms with Crippen LogP contribution in [0.1, 0.15) is 11.1 Å². The molecule has 0 saturated carbocycles. The number of nitro groups is 1. The molecule has 3 rings (SSSR count). The van der Waals surface area contributed by atoms with Crippen LogP contribution in [0.15, 0.2) is 59.8 Å². The molecule has 0 saturated heterocycles. The van der Waals surface area contributed by atoms with E-state index in [1.54, 1.807) is 30.3 Å². The van der Waals surface area contributed by atoms with E-state index in [9.17, 15) is 14.5 Å². The first kappa shape index (κ1) is 20.5. The number of nitrogens with one attached hydrogen (secondary N) is 1. The van der Waals surface area contributed by atoms with Crippen LogP contribution in [0.3, 0.4) is 0 Å². The van der Waals surface area contributed by atoms with Crippen LogP contribution in [0, 0.1) is 15.9 Å². The van der Waals surface area contributed by atoms with Crippen LogP contribution >= 0.6 is 23.2 Å². The Labute approximate surface area is 174 Å². The number of halogens is 3. The van der Waals surface area contributed by atoms with E-state index < -0.39 is 4.92 Å². The molecule has 148 valence electrons. The van der Waals surface area contributed by atoms with Crippen molar-refractivity contribution in [2.45, 2.75) is 6.61 Å². The molecule has 0 unspecified atom stereocenters. The number of hydrazone groups is 1. The van der Waals surface area contributed by atoms with Gasteiger partial charge in [-0.15, -0.1) is 0 Å². The van der Waals surface area contributed by atoms with Gasteiger partial charge in [0, 0.05) is 11.6 Å². The largest absolute Gasteiger partial charge is 0.486 e. The third-order valence-corrected chi connectivity index (χ3v) is 4.26. The van der Waals surface area contributed by atoms with Gasteiger partial charge in [0.2, 0.25) is 0 Å². The Hall–Kier alpha value is -3.23. The second-order valence-corrected chi connectivity index (χ2v) is 6.54. The molecule has 0 aliphatic carbocycles. The molecule has 0 aliphatic rings. The molecule has 29 heavy (non-hydrogen) atoms. The van der Waals surface area contributed by atoms with E-state index >= 15 is 0 Å². The summed E-state index contributed by atoms with van der Waals surface area (Å²) in [5, 5.41) is 15.1. The van der Waals surface area contributed by atoms with Gasteiger partial charge in [-0.2, -0.15) is 5.10 Å². The van der Waals surface area contributed by atoms with E-state index in [2.05, 4.69) is 15.5 Å². The molecule has 3 aromatic rings. The Morgan fingerprint density at radius 1 is 1.21 bits per heavy atom. The van der Waals surface area contributed by atoms with Gasteiger partial charge in [0.1, 0.15) is 24.4 Å². The predicted octanol–water partition coefficient (Wildman–Crippen LogP) is 5.46. The summed E-state index contributed by atoms with van der Waals surface area (Å²) in [6.07, 6.45) is 2.56. The van der Waals surface area contributed by atoms with E-state index in [0.29, 0.717) is 16.9 Å². The molecule has 0 radical (unpaired) electrons. The smallest absolute Gasteiger partial charge is 0.287 e. The van der Waals surface area contributed by atoms with Crippen molar-refractivity contribution < 1.29 is 14.1 Å². The number of hydrogen-bond donors (Lipinski definition) is 1. The summed E-state index contributed by atoms with van der Waals surface area (Å²) in [6, 6.07) is 12.1. The zero-order valence-corrected chi connectivity index (χ0v) is 16.2. The number of anilines is 1. The molecule has 10 heteroatoms. The number of rotatable bonds is 7. The van der Waals surface area contributed by atoms with Crippen molar-refractivity contribution in [2.75, 3.05) is 5.43 Å². The summed E-state index contributed by atoms with van der Waals surface area (Å²) < 4.78 is 19.3. The molecular formula is C19H13Cl2FN4O3. The van der Waals surface area contributed by atoms with Gasteiger partial charge in [-0.3, -0.25) is 15.5 Å².